The molecule has 6 aromatic carbocycles. The maximum absolute atomic E-state index is 5.36. The summed E-state index contributed by atoms with van der Waals surface area (Å²) in [7, 11) is 0. The zero-order valence-corrected chi connectivity index (χ0v) is 31.7. The van der Waals surface area contributed by atoms with Crippen LogP contribution >= 0.6 is 0 Å². The molecule has 3 heterocycles. The van der Waals surface area contributed by atoms with Crippen molar-refractivity contribution in [1.82, 2.24) is 20.3 Å². The van der Waals surface area contributed by atoms with Gasteiger partial charge in [-0.2, -0.15) is 0 Å². The minimum Gasteiger partial charge on any atom is -0.381 e. The molecular weight excluding hydrogens is 693 g/mol. The lowest BCUT2D eigenvalue weighted by molar-refractivity contribution is 0.768. The normalized spacial score (nSPS) is 14.7. The molecule has 0 spiro atoms. The Bertz CT molecular complexity index is 2860. The third-order valence-corrected chi connectivity index (χ3v) is 11.2. The molecule has 1 atom stereocenters. The summed E-state index contributed by atoms with van der Waals surface area (Å²) in [5.41, 5.74) is 16.4. The number of dihydropyridines is 1. The van der Waals surface area contributed by atoms with Crippen LogP contribution in [0.25, 0.3) is 78.3 Å². The average molecular weight is 733 g/mol. The molecule has 1 aliphatic carbocycles. The Kier molecular flexibility index (Phi) is 8.92. The number of nitrogens with zero attached hydrogens (tertiary/aromatic N) is 3. The van der Waals surface area contributed by atoms with Crippen LogP contribution in [-0.2, 0) is 0 Å². The van der Waals surface area contributed by atoms with E-state index in [1.54, 1.807) is 0 Å². The van der Waals surface area contributed by atoms with Crippen molar-refractivity contribution in [3.8, 4) is 56.3 Å². The fourth-order valence-electron chi connectivity index (χ4n) is 8.22. The Morgan fingerprint density at radius 3 is 1.95 bits per heavy atom. The van der Waals surface area contributed by atoms with Gasteiger partial charge in [0.15, 0.2) is 5.82 Å². The van der Waals surface area contributed by atoms with Crippen LogP contribution in [0.15, 0.2) is 188 Å². The second-order valence-electron chi connectivity index (χ2n) is 14.9. The largest absolute Gasteiger partial charge is 0.381 e. The van der Waals surface area contributed by atoms with Gasteiger partial charge >= 0.3 is 0 Å². The van der Waals surface area contributed by atoms with Crippen molar-refractivity contribution in [1.29, 1.82) is 0 Å². The van der Waals surface area contributed by atoms with Gasteiger partial charge in [-0.1, -0.05) is 146 Å². The molecule has 2 aromatic heterocycles. The van der Waals surface area contributed by atoms with Crippen molar-refractivity contribution in [2.24, 2.45) is 0 Å². The number of rotatable bonds is 7. The van der Waals surface area contributed by atoms with Gasteiger partial charge in [-0.25, -0.2) is 9.97 Å². The third-order valence-electron chi connectivity index (χ3n) is 11.2. The van der Waals surface area contributed by atoms with Gasteiger partial charge in [-0.3, -0.25) is 4.98 Å². The number of allylic oxidation sites excluding steroid dienone is 3. The lowest BCUT2D eigenvalue weighted by atomic mass is 9.80. The van der Waals surface area contributed by atoms with Gasteiger partial charge < -0.3 is 5.32 Å². The van der Waals surface area contributed by atoms with Crippen LogP contribution in [0, 0.1) is 0 Å². The molecule has 8 aromatic rings. The Balaban J connectivity index is 1.16. The smallest absolute Gasteiger partial charge is 0.160 e. The molecular formula is C53H40N4. The first-order chi connectivity index (χ1) is 28.1. The molecule has 4 heteroatoms. The van der Waals surface area contributed by atoms with Crippen molar-refractivity contribution in [3.05, 3.63) is 210 Å². The van der Waals surface area contributed by atoms with E-state index in [2.05, 4.69) is 181 Å². The molecule has 0 bridgehead atoms. The first-order valence-electron chi connectivity index (χ1n) is 19.7. The van der Waals surface area contributed by atoms with Gasteiger partial charge in [-0.15, -0.1) is 0 Å². The molecule has 1 unspecified atom stereocenters. The first kappa shape index (κ1) is 34.3. The summed E-state index contributed by atoms with van der Waals surface area (Å²) in [6.45, 7) is 3.15. The quantitative estimate of drug-likeness (QED) is 0.177. The maximum atomic E-state index is 5.36. The minimum absolute atomic E-state index is 0.463. The van der Waals surface area contributed by atoms with Crippen LogP contribution in [0.3, 0.4) is 0 Å². The molecule has 1 N–H and O–H groups in total. The van der Waals surface area contributed by atoms with Gasteiger partial charge in [0.05, 0.1) is 17.1 Å². The fourth-order valence-corrected chi connectivity index (χ4v) is 8.22. The molecule has 0 saturated carbocycles. The maximum Gasteiger partial charge on any atom is 0.160 e. The van der Waals surface area contributed by atoms with Crippen LogP contribution in [0.4, 0.5) is 0 Å². The van der Waals surface area contributed by atoms with Gasteiger partial charge in [0.1, 0.15) is 0 Å². The van der Waals surface area contributed by atoms with Crippen LogP contribution in [-0.4, -0.2) is 21.5 Å². The van der Waals surface area contributed by atoms with Crippen molar-refractivity contribution < 1.29 is 0 Å². The molecule has 0 amide bonds. The molecule has 0 saturated heterocycles. The molecule has 4 nitrogen and oxygen atoms in total. The number of benzene rings is 6. The van der Waals surface area contributed by atoms with Gasteiger partial charge in [-0.05, 0) is 105 Å². The van der Waals surface area contributed by atoms with Crippen LogP contribution in [0.1, 0.15) is 41.5 Å². The molecule has 272 valence electrons. The summed E-state index contributed by atoms with van der Waals surface area (Å²) in [6.07, 6.45) is 11.6. The van der Waals surface area contributed by atoms with E-state index in [1.807, 2.05) is 24.4 Å². The number of fused-ring (bicyclic) bond motifs is 2. The van der Waals surface area contributed by atoms with E-state index in [0.29, 0.717) is 11.7 Å². The molecule has 0 fully saturated rings. The molecule has 0 radical (unpaired) electrons. The SMILES string of the molecule is CC1CC=C(c2cc(-c3nc(-c4ccc(C5=CC=CCN5)cc4)cc(-c4ccc(-c5ccccn5)cc4)n3)cc(-c3cccc4ccccc34)c2)c2ccccc21. The highest BCUT2D eigenvalue weighted by Crippen LogP contribution is 2.41. The zero-order valence-electron chi connectivity index (χ0n) is 31.7. The van der Waals surface area contributed by atoms with Gasteiger partial charge in [0.25, 0.3) is 0 Å². The highest BCUT2D eigenvalue weighted by Gasteiger charge is 2.21. The van der Waals surface area contributed by atoms with E-state index in [1.165, 1.54) is 33.0 Å². The highest BCUT2D eigenvalue weighted by atomic mass is 14.9. The summed E-state index contributed by atoms with van der Waals surface area (Å²) in [6, 6.07) is 56.3. The van der Waals surface area contributed by atoms with E-state index < -0.39 is 0 Å². The molecule has 57 heavy (non-hydrogen) atoms. The van der Waals surface area contributed by atoms with E-state index >= 15 is 0 Å². The van der Waals surface area contributed by atoms with E-state index in [4.69, 9.17) is 9.97 Å². The number of nitrogens with one attached hydrogen (secondary N) is 1. The molecule has 2 aliphatic rings. The summed E-state index contributed by atoms with van der Waals surface area (Å²) in [5.74, 6) is 1.15. The van der Waals surface area contributed by atoms with E-state index in [0.717, 1.165) is 74.7 Å². The standard InChI is InChI=1S/C53H40N4/c1-35-19-28-47(48-15-5-4-13-44(35)48)42-31-41(46-16-10-12-36-11-2-3-14-45(36)46)32-43(33-42)53-56-51(39-24-20-37(21-25-39)49-17-6-8-29-54-49)34-52(57-53)40-26-22-38(23-27-40)50-18-7-9-30-55-50/h2-18,20-29,31-35,55H,19,30H2,1H3. The van der Waals surface area contributed by atoms with Crippen LogP contribution in [0.5, 0.6) is 0 Å². The summed E-state index contributed by atoms with van der Waals surface area (Å²) in [5, 5.41) is 5.92. The predicted molar refractivity (Wildman–Crippen MR) is 236 cm³/mol. The zero-order chi connectivity index (χ0) is 38.1. The Labute approximate surface area is 333 Å². The monoisotopic (exact) mass is 732 g/mol. The van der Waals surface area contributed by atoms with E-state index in [9.17, 15) is 0 Å². The van der Waals surface area contributed by atoms with Crippen molar-refractivity contribution in [2.75, 3.05) is 6.54 Å². The Morgan fingerprint density at radius 2 is 1.19 bits per heavy atom. The Hall–Kier alpha value is -7.17. The number of pyridine rings is 1. The third kappa shape index (κ3) is 6.76. The summed E-state index contributed by atoms with van der Waals surface area (Å²) in [4.78, 5) is 15.3. The summed E-state index contributed by atoms with van der Waals surface area (Å²) >= 11 is 0. The molecule has 10 rings (SSSR count). The van der Waals surface area contributed by atoms with Crippen molar-refractivity contribution in [3.63, 3.8) is 0 Å². The second-order valence-corrected chi connectivity index (χ2v) is 14.9. The number of hydrogen-bond acceptors (Lipinski definition) is 4. The minimum atomic E-state index is 0.463. The fraction of sp³-hybridized carbons (Fsp3) is 0.0755. The first-order valence-corrected chi connectivity index (χ1v) is 19.7. The molecule has 1 aliphatic heterocycles. The lowest BCUT2D eigenvalue weighted by Crippen LogP contribution is -2.14. The van der Waals surface area contributed by atoms with Gasteiger partial charge in [0, 0.05) is 40.7 Å². The predicted octanol–water partition coefficient (Wildman–Crippen LogP) is 12.8. The highest BCUT2D eigenvalue weighted by molar-refractivity contribution is 5.98. The Morgan fingerprint density at radius 1 is 0.544 bits per heavy atom. The number of aromatic nitrogens is 3. The van der Waals surface area contributed by atoms with Crippen molar-refractivity contribution >= 4 is 22.0 Å². The average Bonchev–Trinajstić information content (AvgIpc) is 3.29. The summed E-state index contributed by atoms with van der Waals surface area (Å²) < 4.78 is 0. The van der Waals surface area contributed by atoms with Crippen LogP contribution < -0.4 is 5.32 Å². The van der Waals surface area contributed by atoms with E-state index in [-0.39, 0.29) is 0 Å². The van der Waals surface area contributed by atoms with Crippen molar-refractivity contribution in [2.45, 2.75) is 19.3 Å². The lowest BCUT2D eigenvalue weighted by Gasteiger charge is -2.24. The van der Waals surface area contributed by atoms with Crippen LogP contribution in [0.2, 0.25) is 0 Å². The topological polar surface area (TPSA) is 50.7 Å². The van der Waals surface area contributed by atoms with Gasteiger partial charge in [0.2, 0.25) is 0 Å². The second kappa shape index (κ2) is 14.8. The number of hydrogen-bond donors (Lipinski definition) is 1.